The molecule has 1 aromatic carbocycles. The zero-order valence-electron chi connectivity index (χ0n) is 8.83. The van der Waals surface area contributed by atoms with Gasteiger partial charge in [-0.25, -0.2) is 0 Å². The van der Waals surface area contributed by atoms with Gasteiger partial charge in [0, 0.05) is 16.1 Å². The van der Waals surface area contributed by atoms with Gasteiger partial charge in [0.2, 0.25) is 5.91 Å². The Morgan fingerprint density at radius 2 is 2.33 bits per heavy atom. The van der Waals surface area contributed by atoms with Gasteiger partial charge in [0.05, 0.1) is 0 Å². The normalized spacial score (nSPS) is 18.8. The Hall–Kier alpha value is -1.00. The predicted molar refractivity (Wildman–Crippen MR) is 63.3 cm³/mol. The quantitative estimate of drug-likeness (QED) is 0.769. The van der Waals surface area contributed by atoms with E-state index in [2.05, 4.69) is 10.6 Å². The van der Waals surface area contributed by atoms with E-state index in [1.807, 2.05) is 31.4 Å². The van der Waals surface area contributed by atoms with E-state index < -0.39 is 0 Å². The number of carbonyl (C=O) groups excluding carboxylic acids is 1. The van der Waals surface area contributed by atoms with Crippen molar-refractivity contribution >= 4 is 23.4 Å². The molecule has 1 heterocycles. The van der Waals surface area contributed by atoms with Crippen molar-refractivity contribution in [1.82, 2.24) is 5.32 Å². The van der Waals surface area contributed by atoms with Crippen molar-refractivity contribution in [3.63, 3.8) is 0 Å². The molecule has 0 fully saturated rings. The van der Waals surface area contributed by atoms with E-state index in [-0.39, 0.29) is 11.9 Å². The van der Waals surface area contributed by atoms with Crippen LogP contribution >= 0.6 is 11.8 Å². The number of amides is 1. The number of anilines is 1. The van der Waals surface area contributed by atoms with Crippen LogP contribution in [0.1, 0.15) is 18.5 Å². The third kappa shape index (κ3) is 1.87. The van der Waals surface area contributed by atoms with E-state index in [1.165, 1.54) is 4.90 Å². The molecule has 2 N–H and O–H groups in total. The van der Waals surface area contributed by atoms with Crippen molar-refractivity contribution in [3.05, 3.63) is 23.8 Å². The van der Waals surface area contributed by atoms with Crippen LogP contribution in [0.25, 0.3) is 0 Å². The Balaban J connectivity index is 2.34. The highest BCUT2D eigenvalue weighted by Crippen LogP contribution is 2.33. The molecular formula is C11H14N2OS. The maximum atomic E-state index is 11.6. The summed E-state index contributed by atoms with van der Waals surface area (Å²) in [7, 11) is 0. The van der Waals surface area contributed by atoms with Gasteiger partial charge in [-0.2, -0.15) is 0 Å². The molecule has 1 aliphatic heterocycles. The molecule has 1 amide bonds. The van der Waals surface area contributed by atoms with Crippen LogP contribution in [0.5, 0.6) is 0 Å². The van der Waals surface area contributed by atoms with Crippen LogP contribution in [0, 0.1) is 0 Å². The smallest absolute Gasteiger partial charge is 0.246 e. The summed E-state index contributed by atoms with van der Waals surface area (Å²) in [6, 6.07) is 5.91. The minimum absolute atomic E-state index is 0.0464. The molecule has 0 spiro atoms. The van der Waals surface area contributed by atoms with Crippen LogP contribution in [-0.2, 0) is 4.79 Å². The number of hydrogen-bond donors (Lipinski definition) is 2. The predicted octanol–water partition coefficient (Wildman–Crippen LogP) is 2.01. The lowest BCUT2D eigenvalue weighted by atomic mass is 10.1. The van der Waals surface area contributed by atoms with Crippen LogP contribution in [-0.4, -0.2) is 18.7 Å². The molecule has 1 unspecified atom stereocenters. The fraction of sp³-hybridized carbons (Fsp3) is 0.364. The standard InChI is InChI=1S/C11H14N2OS/c1-3-12-10-8-5-4-7(15-2)6-9(8)13-11(10)14/h4-6,10,12H,3H2,1-2H3,(H,13,14). The minimum Gasteiger partial charge on any atom is -0.324 e. The summed E-state index contributed by atoms with van der Waals surface area (Å²) >= 11 is 1.68. The molecule has 2 rings (SSSR count). The average Bonchev–Trinajstić information content (AvgIpc) is 2.55. The molecule has 1 atom stereocenters. The summed E-state index contributed by atoms with van der Waals surface area (Å²) in [4.78, 5) is 12.8. The first-order valence-corrected chi connectivity index (χ1v) is 6.21. The van der Waals surface area contributed by atoms with Gasteiger partial charge in [-0.1, -0.05) is 13.0 Å². The van der Waals surface area contributed by atoms with Crippen molar-refractivity contribution in [2.45, 2.75) is 17.9 Å². The number of fused-ring (bicyclic) bond motifs is 1. The van der Waals surface area contributed by atoms with Crippen LogP contribution in [0.4, 0.5) is 5.69 Å². The van der Waals surface area contributed by atoms with Crippen LogP contribution in [0.3, 0.4) is 0 Å². The summed E-state index contributed by atoms with van der Waals surface area (Å²) in [5.74, 6) is 0.0464. The molecule has 0 bridgehead atoms. The number of likely N-dealkylation sites (N-methyl/N-ethyl adjacent to an activating group) is 1. The number of carbonyl (C=O) groups is 1. The Morgan fingerprint density at radius 3 is 3.00 bits per heavy atom. The molecule has 15 heavy (non-hydrogen) atoms. The number of benzene rings is 1. The van der Waals surface area contributed by atoms with E-state index in [0.717, 1.165) is 17.8 Å². The summed E-state index contributed by atoms with van der Waals surface area (Å²) in [6.07, 6.45) is 2.03. The topological polar surface area (TPSA) is 41.1 Å². The van der Waals surface area contributed by atoms with Crippen LogP contribution < -0.4 is 10.6 Å². The fourth-order valence-electron chi connectivity index (χ4n) is 1.78. The highest BCUT2D eigenvalue weighted by Gasteiger charge is 2.29. The molecule has 3 nitrogen and oxygen atoms in total. The van der Waals surface area contributed by atoms with Crippen LogP contribution in [0.2, 0.25) is 0 Å². The highest BCUT2D eigenvalue weighted by molar-refractivity contribution is 7.98. The number of nitrogens with one attached hydrogen (secondary N) is 2. The second-order valence-corrected chi connectivity index (χ2v) is 4.31. The first kappa shape index (κ1) is 10.5. The lowest BCUT2D eigenvalue weighted by molar-refractivity contribution is -0.117. The molecule has 4 heteroatoms. The van der Waals surface area contributed by atoms with Gasteiger partial charge in [-0.3, -0.25) is 4.79 Å². The van der Waals surface area contributed by atoms with Gasteiger partial charge in [0.25, 0.3) is 0 Å². The molecule has 1 aromatic rings. The SMILES string of the molecule is CCNC1C(=O)Nc2cc(SC)ccc21. The molecule has 0 radical (unpaired) electrons. The van der Waals surface area contributed by atoms with Crippen molar-refractivity contribution < 1.29 is 4.79 Å². The third-order valence-electron chi connectivity index (χ3n) is 2.50. The Morgan fingerprint density at radius 1 is 1.53 bits per heavy atom. The zero-order valence-corrected chi connectivity index (χ0v) is 9.65. The van der Waals surface area contributed by atoms with E-state index in [9.17, 15) is 4.79 Å². The lowest BCUT2D eigenvalue weighted by Gasteiger charge is -2.08. The Bertz CT molecular complexity index is 392. The summed E-state index contributed by atoms with van der Waals surface area (Å²) < 4.78 is 0. The minimum atomic E-state index is -0.180. The van der Waals surface area contributed by atoms with Crippen molar-refractivity contribution in [3.8, 4) is 0 Å². The first-order valence-electron chi connectivity index (χ1n) is 4.98. The van der Waals surface area contributed by atoms with Gasteiger partial charge in [0.1, 0.15) is 6.04 Å². The van der Waals surface area contributed by atoms with Gasteiger partial charge < -0.3 is 10.6 Å². The first-order chi connectivity index (χ1) is 7.26. The van der Waals surface area contributed by atoms with Crippen molar-refractivity contribution in [2.24, 2.45) is 0 Å². The van der Waals surface area contributed by atoms with Gasteiger partial charge in [0.15, 0.2) is 0 Å². The monoisotopic (exact) mass is 222 g/mol. The number of thioether (sulfide) groups is 1. The molecule has 0 saturated carbocycles. The van der Waals surface area contributed by atoms with E-state index in [1.54, 1.807) is 11.8 Å². The average molecular weight is 222 g/mol. The van der Waals surface area contributed by atoms with Crippen LogP contribution in [0.15, 0.2) is 23.1 Å². The molecule has 0 aromatic heterocycles. The van der Waals surface area contributed by atoms with E-state index in [4.69, 9.17) is 0 Å². The van der Waals surface area contributed by atoms with Crippen molar-refractivity contribution in [2.75, 3.05) is 18.1 Å². The van der Waals surface area contributed by atoms with E-state index >= 15 is 0 Å². The van der Waals surface area contributed by atoms with Crippen molar-refractivity contribution in [1.29, 1.82) is 0 Å². The number of rotatable bonds is 3. The summed E-state index contributed by atoms with van der Waals surface area (Å²) in [5, 5.41) is 6.06. The van der Waals surface area contributed by atoms with Gasteiger partial charge >= 0.3 is 0 Å². The number of hydrogen-bond acceptors (Lipinski definition) is 3. The second kappa shape index (κ2) is 4.24. The second-order valence-electron chi connectivity index (χ2n) is 3.43. The van der Waals surface area contributed by atoms with Gasteiger partial charge in [-0.15, -0.1) is 11.8 Å². The molecule has 0 saturated heterocycles. The Kier molecular flexibility index (Phi) is 2.98. The summed E-state index contributed by atoms with van der Waals surface area (Å²) in [5.41, 5.74) is 2.00. The fourth-order valence-corrected chi connectivity index (χ4v) is 2.22. The lowest BCUT2D eigenvalue weighted by Crippen LogP contribution is -2.27. The zero-order chi connectivity index (χ0) is 10.8. The molecule has 0 aliphatic carbocycles. The maximum absolute atomic E-state index is 11.6. The summed E-state index contributed by atoms with van der Waals surface area (Å²) in [6.45, 7) is 2.79. The van der Waals surface area contributed by atoms with E-state index in [0.29, 0.717) is 0 Å². The molecular weight excluding hydrogens is 208 g/mol. The molecule has 1 aliphatic rings. The Labute approximate surface area is 93.6 Å². The molecule has 80 valence electrons. The highest BCUT2D eigenvalue weighted by atomic mass is 32.2. The largest absolute Gasteiger partial charge is 0.324 e. The third-order valence-corrected chi connectivity index (χ3v) is 3.23. The maximum Gasteiger partial charge on any atom is 0.246 e. The van der Waals surface area contributed by atoms with Gasteiger partial charge in [-0.05, 0) is 24.9 Å².